The van der Waals surface area contributed by atoms with Crippen molar-refractivity contribution >= 4 is 28.2 Å². The van der Waals surface area contributed by atoms with E-state index in [9.17, 15) is 4.79 Å². The van der Waals surface area contributed by atoms with Crippen LogP contribution in [0, 0.1) is 0 Å². The van der Waals surface area contributed by atoms with Crippen molar-refractivity contribution < 1.29 is 9.47 Å². The number of ether oxygens (including phenoxy) is 2. The highest BCUT2D eigenvalue weighted by molar-refractivity contribution is 7.80. The molecule has 176 valence electrons. The van der Waals surface area contributed by atoms with Gasteiger partial charge in [0.25, 0.3) is 5.56 Å². The van der Waals surface area contributed by atoms with Gasteiger partial charge >= 0.3 is 0 Å². The zero-order chi connectivity index (χ0) is 22.8. The van der Waals surface area contributed by atoms with Crippen LogP contribution in [-0.2, 0) is 11.3 Å². The zero-order valence-electron chi connectivity index (χ0n) is 19.3. The number of pyridine rings is 1. The molecule has 1 saturated heterocycles. The van der Waals surface area contributed by atoms with Gasteiger partial charge in [0.05, 0.1) is 26.4 Å². The van der Waals surface area contributed by atoms with E-state index in [2.05, 4.69) is 27.0 Å². The number of aromatic nitrogens is 1. The Hall–Kier alpha value is -2.16. The zero-order valence-corrected chi connectivity index (χ0v) is 20.1. The number of morpholine rings is 1. The number of rotatable bonds is 11. The summed E-state index contributed by atoms with van der Waals surface area (Å²) < 4.78 is 11.1. The predicted octanol–water partition coefficient (Wildman–Crippen LogP) is 3.13. The van der Waals surface area contributed by atoms with Gasteiger partial charge in [-0.05, 0) is 56.2 Å². The number of nitrogens with one attached hydrogen (secondary N) is 2. The van der Waals surface area contributed by atoms with Crippen LogP contribution in [0.5, 0.6) is 5.75 Å². The Kier molecular flexibility index (Phi) is 9.77. The maximum atomic E-state index is 12.8. The Balaban J connectivity index is 1.72. The van der Waals surface area contributed by atoms with E-state index in [-0.39, 0.29) is 5.56 Å². The third kappa shape index (κ3) is 7.18. The Morgan fingerprint density at radius 3 is 2.81 bits per heavy atom. The number of H-pyrrole nitrogens is 1. The van der Waals surface area contributed by atoms with Gasteiger partial charge in [-0.1, -0.05) is 13.3 Å². The van der Waals surface area contributed by atoms with Crippen molar-refractivity contribution in [2.45, 2.75) is 39.7 Å². The quantitative estimate of drug-likeness (QED) is 0.394. The number of aromatic amines is 1. The molecule has 0 radical (unpaired) electrons. The monoisotopic (exact) mass is 460 g/mol. The average Bonchev–Trinajstić information content (AvgIpc) is 2.80. The van der Waals surface area contributed by atoms with E-state index in [1.54, 1.807) is 0 Å². The SMILES string of the molecule is CCCCNC(=S)N(CCCN1CCOCC1)Cc1cc2cc(OCC)ccc2[nH]c1=O. The lowest BCUT2D eigenvalue weighted by molar-refractivity contribution is 0.0367. The van der Waals surface area contributed by atoms with Gasteiger partial charge in [0.15, 0.2) is 5.11 Å². The summed E-state index contributed by atoms with van der Waals surface area (Å²) in [5, 5.41) is 5.04. The topological polar surface area (TPSA) is 69.8 Å². The molecule has 1 aliphatic heterocycles. The Morgan fingerprint density at radius 1 is 1.25 bits per heavy atom. The second kappa shape index (κ2) is 12.8. The third-order valence-corrected chi connectivity index (χ3v) is 6.07. The normalized spacial score (nSPS) is 14.4. The van der Waals surface area contributed by atoms with Crippen LogP contribution in [0.1, 0.15) is 38.7 Å². The number of hydrogen-bond acceptors (Lipinski definition) is 5. The second-order valence-corrected chi connectivity index (χ2v) is 8.51. The molecule has 1 aromatic carbocycles. The Labute approximate surface area is 196 Å². The summed E-state index contributed by atoms with van der Waals surface area (Å²) in [6.45, 7) is 11.4. The Bertz CT molecular complexity index is 927. The van der Waals surface area contributed by atoms with Gasteiger partial charge < -0.3 is 24.7 Å². The summed E-state index contributed by atoms with van der Waals surface area (Å²) in [6, 6.07) is 7.70. The lowest BCUT2D eigenvalue weighted by Crippen LogP contribution is -2.43. The van der Waals surface area contributed by atoms with Crippen molar-refractivity contribution in [3.8, 4) is 5.75 Å². The molecule has 0 saturated carbocycles. The van der Waals surface area contributed by atoms with Crippen LogP contribution in [0.4, 0.5) is 0 Å². The largest absolute Gasteiger partial charge is 0.494 e. The summed E-state index contributed by atoms with van der Waals surface area (Å²) in [7, 11) is 0. The van der Waals surface area contributed by atoms with Crippen LogP contribution in [0.15, 0.2) is 29.1 Å². The van der Waals surface area contributed by atoms with Crippen LogP contribution < -0.4 is 15.6 Å². The lowest BCUT2D eigenvalue weighted by atomic mass is 10.1. The maximum absolute atomic E-state index is 12.8. The van der Waals surface area contributed by atoms with Gasteiger partial charge in [0, 0.05) is 49.2 Å². The number of nitrogens with zero attached hydrogens (tertiary/aromatic N) is 2. The molecule has 2 aromatic rings. The highest BCUT2D eigenvalue weighted by Gasteiger charge is 2.15. The molecule has 8 heteroatoms. The van der Waals surface area contributed by atoms with Gasteiger partial charge in [-0.25, -0.2) is 0 Å². The van der Waals surface area contributed by atoms with Crippen LogP contribution in [0.3, 0.4) is 0 Å². The molecular weight excluding hydrogens is 424 g/mol. The number of thiocarbonyl (C=S) groups is 1. The summed E-state index contributed by atoms with van der Waals surface area (Å²) in [6.07, 6.45) is 3.16. The third-order valence-electron chi connectivity index (χ3n) is 5.66. The second-order valence-electron chi connectivity index (χ2n) is 8.12. The molecule has 0 unspecified atom stereocenters. The van der Waals surface area contributed by atoms with Gasteiger partial charge in [0.1, 0.15) is 5.75 Å². The summed E-state index contributed by atoms with van der Waals surface area (Å²) >= 11 is 5.70. The molecule has 32 heavy (non-hydrogen) atoms. The van der Waals surface area contributed by atoms with E-state index in [0.29, 0.717) is 23.8 Å². The highest BCUT2D eigenvalue weighted by atomic mass is 32.1. The molecule has 1 aromatic heterocycles. The maximum Gasteiger partial charge on any atom is 0.253 e. The lowest BCUT2D eigenvalue weighted by Gasteiger charge is -2.29. The van der Waals surface area contributed by atoms with Crippen molar-refractivity contribution in [3.63, 3.8) is 0 Å². The highest BCUT2D eigenvalue weighted by Crippen LogP contribution is 2.20. The first-order chi connectivity index (χ1) is 15.6. The first-order valence-corrected chi connectivity index (χ1v) is 12.1. The van der Waals surface area contributed by atoms with E-state index in [1.807, 2.05) is 31.2 Å². The minimum atomic E-state index is -0.0730. The number of hydrogen-bond donors (Lipinski definition) is 2. The van der Waals surface area contributed by atoms with Crippen molar-refractivity contribution in [1.29, 1.82) is 0 Å². The first kappa shape index (κ1) is 24.5. The van der Waals surface area contributed by atoms with Crippen molar-refractivity contribution in [3.05, 3.63) is 40.2 Å². The minimum absolute atomic E-state index is 0.0730. The van der Waals surface area contributed by atoms with Gasteiger partial charge in [-0.2, -0.15) is 0 Å². The van der Waals surface area contributed by atoms with Crippen molar-refractivity contribution in [2.24, 2.45) is 0 Å². The Morgan fingerprint density at radius 2 is 2.06 bits per heavy atom. The smallest absolute Gasteiger partial charge is 0.253 e. The number of fused-ring (bicyclic) bond motifs is 1. The number of unbranched alkanes of at least 4 members (excludes halogenated alkanes) is 1. The molecule has 0 bridgehead atoms. The predicted molar refractivity (Wildman–Crippen MR) is 134 cm³/mol. The van der Waals surface area contributed by atoms with Crippen LogP contribution in [0.2, 0.25) is 0 Å². The molecule has 3 rings (SSSR count). The molecule has 2 heterocycles. The number of benzene rings is 1. The first-order valence-electron chi connectivity index (χ1n) is 11.7. The molecule has 2 N–H and O–H groups in total. The molecule has 1 aliphatic rings. The van der Waals surface area contributed by atoms with Crippen LogP contribution in [-0.4, -0.2) is 72.4 Å². The van der Waals surface area contributed by atoms with Crippen LogP contribution in [0.25, 0.3) is 10.9 Å². The molecule has 1 fully saturated rings. The molecular formula is C24H36N4O3S. The van der Waals surface area contributed by atoms with Crippen molar-refractivity contribution in [1.82, 2.24) is 20.1 Å². The molecule has 7 nitrogen and oxygen atoms in total. The van der Waals surface area contributed by atoms with Gasteiger partial charge in [-0.3, -0.25) is 9.69 Å². The fourth-order valence-corrected chi connectivity index (χ4v) is 4.11. The van der Waals surface area contributed by atoms with Crippen LogP contribution >= 0.6 is 12.2 Å². The summed E-state index contributed by atoms with van der Waals surface area (Å²) in [5.41, 5.74) is 1.44. The standard InChI is InChI=1S/C24H36N4O3S/c1-3-5-9-25-24(32)28(11-6-10-27-12-14-30-15-13-27)18-20-16-19-17-21(31-4-2)7-8-22(19)26-23(20)29/h7-8,16-17H,3-6,9-15,18H2,1-2H3,(H,25,32)(H,26,29). The van der Waals surface area contributed by atoms with Gasteiger partial charge in [0.2, 0.25) is 0 Å². The summed E-state index contributed by atoms with van der Waals surface area (Å²) in [5.74, 6) is 0.803. The van der Waals surface area contributed by atoms with Crippen molar-refractivity contribution in [2.75, 3.05) is 52.5 Å². The van der Waals surface area contributed by atoms with Gasteiger partial charge in [-0.15, -0.1) is 0 Å². The fourth-order valence-electron chi connectivity index (χ4n) is 3.86. The van der Waals surface area contributed by atoms with E-state index in [4.69, 9.17) is 21.7 Å². The van der Waals surface area contributed by atoms with E-state index >= 15 is 0 Å². The molecule has 0 aliphatic carbocycles. The van der Waals surface area contributed by atoms with E-state index in [1.165, 1.54) is 0 Å². The van der Waals surface area contributed by atoms with E-state index in [0.717, 1.165) is 81.9 Å². The minimum Gasteiger partial charge on any atom is -0.494 e. The summed E-state index contributed by atoms with van der Waals surface area (Å²) in [4.78, 5) is 20.3. The molecule has 0 amide bonds. The van der Waals surface area contributed by atoms with E-state index < -0.39 is 0 Å². The average molecular weight is 461 g/mol. The fraction of sp³-hybridized carbons (Fsp3) is 0.583. The molecule has 0 spiro atoms. The molecule has 0 atom stereocenters.